The van der Waals surface area contributed by atoms with Crippen molar-refractivity contribution in [3.8, 4) is 17.6 Å². The normalized spacial score (nSPS) is 9.88. The molecule has 0 unspecified atom stereocenters. The lowest BCUT2D eigenvalue weighted by atomic mass is 10.2. The molecular weight excluding hydrogens is 436 g/mol. The average Bonchev–Trinajstić information content (AvgIpc) is 3.27. The smallest absolute Gasteiger partial charge is 0.324 e. The van der Waals surface area contributed by atoms with Crippen LogP contribution in [0.1, 0.15) is 11.3 Å². The standard InChI is InChI=1S/C15H15NO.C6H3N3O7/c1-16(13-15-10-6-12-17-15)11-5-9-14-7-3-2-4-8-14;10-6-4(8(13)14)1-3(7(11)12)2-5(6)9(15)16/h2-4,6-8,10,12H,11,13H2,1H3;1-2,10H. The van der Waals surface area contributed by atoms with E-state index >= 15 is 0 Å². The van der Waals surface area contributed by atoms with Crippen LogP contribution in [-0.2, 0) is 6.54 Å². The number of nitro benzene ring substituents is 3. The first-order valence-electron chi connectivity index (χ1n) is 9.24. The predicted molar refractivity (Wildman–Crippen MR) is 116 cm³/mol. The van der Waals surface area contributed by atoms with Gasteiger partial charge in [-0.15, -0.1) is 0 Å². The van der Waals surface area contributed by atoms with E-state index in [4.69, 9.17) is 9.52 Å². The van der Waals surface area contributed by atoms with Crippen LogP contribution < -0.4 is 0 Å². The number of rotatable bonds is 6. The molecule has 0 aliphatic rings. The lowest BCUT2D eigenvalue weighted by Gasteiger charge is -2.10. The second-order valence-corrected chi connectivity index (χ2v) is 6.52. The number of aromatic hydroxyl groups is 1. The van der Waals surface area contributed by atoms with Crippen molar-refractivity contribution in [3.63, 3.8) is 0 Å². The first kappa shape index (κ1) is 24.5. The Morgan fingerprint density at radius 1 is 0.939 bits per heavy atom. The molecular formula is C21H18N4O8. The fourth-order valence-electron chi connectivity index (χ4n) is 2.50. The van der Waals surface area contributed by atoms with Gasteiger partial charge in [-0.3, -0.25) is 35.2 Å². The molecule has 0 bridgehead atoms. The van der Waals surface area contributed by atoms with Gasteiger partial charge in [-0.25, -0.2) is 0 Å². The van der Waals surface area contributed by atoms with Gasteiger partial charge in [-0.05, 0) is 31.3 Å². The summed E-state index contributed by atoms with van der Waals surface area (Å²) in [6.07, 6.45) is 1.69. The van der Waals surface area contributed by atoms with Gasteiger partial charge in [-0.1, -0.05) is 30.0 Å². The number of hydrogen-bond acceptors (Lipinski definition) is 9. The van der Waals surface area contributed by atoms with Crippen LogP contribution in [0.2, 0.25) is 0 Å². The van der Waals surface area contributed by atoms with Crippen molar-refractivity contribution in [1.82, 2.24) is 4.90 Å². The van der Waals surface area contributed by atoms with Crippen LogP contribution in [0.5, 0.6) is 5.75 Å². The van der Waals surface area contributed by atoms with E-state index in [-0.39, 0.29) is 0 Å². The summed E-state index contributed by atoms with van der Waals surface area (Å²) in [4.78, 5) is 29.9. The molecule has 0 aliphatic heterocycles. The molecule has 0 amide bonds. The van der Waals surface area contributed by atoms with Crippen molar-refractivity contribution in [3.05, 3.63) is 103 Å². The fraction of sp³-hybridized carbons (Fsp3) is 0.143. The lowest BCUT2D eigenvalue weighted by molar-refractivity contribution is -0.404. The Bertz CT molecular complexity index is 1150. The van der Waals surface area contributed by atoms with Crippen LogP contribution in [-0.4, -0.2) is 38.4 Å². The van der Waals surface area contributed by atoms with Crippen LogP contribution in [0.25, 0.3) is 0 Å². The predicted octanol–water partition coefficient (Wildman–Crippen LogP) is 3.88. The highest BCUT2D eigenvalue weighted by atomic mass is 16.6. The monoisotopic (exact) mass is 454 g/mol. The van der Waals surface area contributed by atoms with Gasteiger partial charge in [-0.2, -0.15) is 0 Å². The minimum Gasteiger partial charge on any atom is -0.497 e. The first-order valence-corrected chi connectivity index (χ1v) is 9.24. The van der Waals surface area contributed by atoms with E-state index in [9.17, 15) is 30.3 Å². The van der Waals surface area contributed by atoms with Gasteiger partial charge in [0.2, 0.25) is 0 Å². The zero-order valence-corrected chi connectivity index (χ0v) is 17.3. The largest absolute Gasteiger partial charge is 0.497 e. The van der Waals surface area contributed by atoms with Crippen molar-refractivity contribution >= 4 is 17.1 Å². The third-order valence-corrected chi connectivity index (χ3v) is 4.02. The Morgan fingerprint density at radius 3 is 2.03 bits per heavy atom. The number of benzene rings is 2. The van der Waals surface area contributed by atoms with Crippen molar-refractivity contribution < 1.29 is 24.3 Å². The summed E-state index contributed by atoms with van der Waals surface area (Å²) in [5.74, 6) is 6.04. The number of phenols is 1. The number of furan rings is 1. The fourth-order valence-corrected chi connectivity index (χ4v) is 2.50. The van der Waals surface area contributed by atoms with Crippen LogP contribution in [0.4, 0.5) is 17.1 Å². The average molecular weight is 454 g/mol. The maximum atomic E-state index is 10.4. The molecule has 3 aromatic rings. The summed E-state index contributed by atoms with van der Waals surface area (Å²) >= 11 is 0. The molecule has 3 rings (SSSR count). The summed E-state index contributed by atoms with van der Waals surface area (Å²) in [5, 5.41) is 40.2. The Hall–Kier alpha value is -4.76. The van der Waals surface area contributed by atoms with Crippen molar-refractivity contribution in [2.75, 3.05) is 13.6 Å². The maximum Gasteiger partial charge on any atom is 0.324 e. The molecule has 1 aromatic heterocycles. The third kappa shape index (κ3) is 7.46. The zero-order valence-electron chi connectivity index (χ0n) is 17.3. The van der Waals surface area contributed by atoms with E-state index < -0.39 is 37.6 Å². The Kier molecular flexibility index (Phi) is 8.60. The van der Waals surface area contributed by atoms with Crippen LogP contribution in [0.15, 0.2) is 65.3 Å². The molecule has 0 saturated carbocycles. The zero-order chi connectivity index (χ0) is 24.4. The van der Waals surface area contributed by atoms with E-state index in [1.807, 2.05) is 49.5 Å². The van der Waals surface area contributed by atoms with E-state index in [2.05, 4.69) is 16.7 Å². The maximum absolute atomic E-state index is 10.4. The van der Waals surface area contributed by atoms with Crippen LogP contribution >= 0.6 is 0 Å². The molecule has 12 heteroatoms. The lowest BCUT2D eigenvalue weighted by Crippen LogP contribution is -2.17. The van der Waals surface area contributed by atoms with Crippen molar-refractivity contribution in [2.24, 2.45) is 0 Å². The number of nitro groups is 3. The summed E-state index contributed by atoms with van der Waals surface area (Å²) in [6, 6.07) is 14.8. The van der Waals surface area contributed by atoms with Gasteiger partial charge in [0.05, 0.1) is 46.3 Å². The summed E-state index contributed by atoms with van der Waals surface area (Å²) in [7, 11) is 2.03. The summed E-state index contributed by atoms with van der Waals surface area (Å²) in [6.45, 7) is 1.52. The van der Waals surface area contributed by atoms with E-state index in [0.29, 0.717) is 12.1 Å². The number of nitrogens with zero attached hydrogens (tertiary/aromatic N) is 4. The molecule has 1 N–H and O–H groups in total. The van der Waals surface area contributed by atoms with Crippen LogP contribution in [0, 0.1) is 42.2 Å². The number of hydrogen-bond donors (Lipinski definition) is 1. The Labute approximate surface area is 187 Å². The van der Waals surface area contributed by atoms with E-state index in [0.717, 1.165) is 24.4 Å². The molecule has 2 aromatic carbocycles. The second kappa shape index (κ2) is 11.6. The highest BCUT2D eigenvalue weighted by Gasteiger charge is 2.30. The van der Waals surface area contributed by atoms with Crippen molar-refractivity contribution in [2.45, 2.75) is 6.54 Å². The second-order valence-electron chi connectivity index (χ2n) is 6.52. The topological polar surface area (TPSA) is 166 Å². The molecule has 1 heterocycles. The molecule has 12 nitrogen and oxygen atoms in total. The van der Waals surface area contributed by atoms with E-state index in [1.54, 1.807) is 6.26 Å². The molecule has 0 spiro atoms. The summed E-state index contributed by atoms with van der Waals surface area (Å²) < 4.78 is 5.28. The molecule has 33 heavy (non-hydrogen) atoms. The minimum atomic E-state index is -1.21. The Balaban J connectivity index is 0.000000234. The van der Waals surface area contributed by atoms with Crippen molar-refractivity contribution in [1.29, 1.82) is 0 Å². The molecule has 0 aliphatic carbocycles. The van der Waals surface area contributed by atoms with Gasteiger partial charge >= 0.3 is 11.4 Å². The van der Waals surface area contributed by atoms with Gasteiger partial charge in [0, 0.05) is 5.56 Å². The van der Waals surface area contributed by atoms with Crippen LogP contribution in [0.3, 0.4) is 0 Å². The minimum absolute atomic E-state index is 0.447. The number of non-ortho nitro benzene ring substituents is 1. The van der Waals surface area contributed by atoms with Gasteiger partial charge in [0.1, 0.15) is 5.76 Å². The SMILES string of the molecule is CN(CC#Cc1ccccc1)Cc1ccco1.O=[N+]([O-])c1cc([N+](=O)[O-])c(O)c([N+](=O)[O-])c1. The quantitative estimate of drug-likeness (QED) is 0.330. The molecule has 0 fully saturated rings. The van der Waals surface area contributed by atoms with E-state index in [1.165, 1.54) is 0 Å². The molecule has 0 saturated heterocycles. The summed E-state index contributed by atoms with van der Waals surface area (Å²) in [5.41, 5.74) is -1.95. The van der Waals surface area contributed by atoms with Gasteiger partial charge < -0.3 is 9.52 Å². The third-order valence-electron chi connectivity index (χ3n) is 4.02. The Morgan fingerprint density at radius 2 is 1.55 bits per heavy atom. The number of phenolic OH excluding ortho intramolecular Hbond substituents is 1. The van der Waals surface area contributed by atoms with Gasteiger partial charge in [0.25, 0.3) is 11.4 Å². The molecule has 0 radical (unpaired) electrons. The molecule has 0 atom stereocenters. The van der Waals surface area contributed by atoms with Gasteiger partial charge in [0.15, 0.2) is 0 Å². The highest BCUT2D eigenvalue weighted by molar-refractivity contribution is 5.64. The molecule has 170 valence electrons. The highest BCUT2D eigenvalue weighted by Crippen LogP contribution is 2.38. The first-order chi connectivity index (χ1) is 15.7.